The number of carbonyl (C=O) groups excluding carboxylic acids is 1. The summed E-state index contributed by atoms with van der Waals surface area (Å²) in [6.07, 6.45) is 0. The van der Waals surface area contributed by atoms with Crippen LogP contribution in [0.5, 0.6) is 11.5 Å². The SMILES string of the molecule is CCOc1cc(CNCCOC)ccc1OCC(=O)OC. The molecule has 0 saturated heterocycles. The van der Waals surface area contributed by atoms with Crippen molar-refractivity contribution in [3.05, 3.63) is 23.8 Å². The first-order valence-electron chi connectivity index (χ1n) is 6.86. The Bertz CT molecular complexity index is 436. The molecule has 0 fully saturated rings. The van der Waals surface area contributed by atoms with Crippen molar-refractivity contribution in [1.29, 1.82) is 0 Å². The van der Waals surface area contributed by atoms with Crippen molar-refractivity contribution in [2.75, 3.05) is 40.6 Å². The van der Waals surface area contributed by atoms with Gasteiger partial charge in [0, 0.05) is 20.2 Å². The van der Waals surface area contributed by atoms with Gasteiger partial charge in [-0.3, -0.25) is 0 Å². The molecule has 0 saturated carbocycles. The van der Waals surface area contributed by atoms with Crippen LogP contribution >= 0.6 is 0 Å². The van der Waals surface area contributed by atoms with E-state index in [-0.39, 0.29) is 6.61 Å². The first-order chi connectivity index (χ1) is 10.2. The van der Waals surface area contributed by atoms with Gasteiger partial charge in [0.1, 0.15) is 0 Å². The fourth-order valence-corrected chi connectivity index (χ4v) is 1.65. The summed E-state index contributed by atoms with van der Waals surface area (Å²) < 4.78 is 20.5. The Morgan fingerprint density at radius 3 is 2.67 bits per heavy atom. The lowest BCUT2D eigenvalue weighted by molar-refractivity contribution is -0.142. The van der Waals surface area contributed by atoms with Crippen LogP contribution in [-0.4, -0.2) is 46.6 Å². The van der Waals surface area contributed by atoms with Crippen molar-refractivity contribution >= 4 is 5.97 Å². The van der Waals surface area contributed by atoms with Gasteiger partial charge in [0.25, 0.3) is 0 Å². The van der Waals surface area contributed by atoms with Gasteiger partial charge in [0.2, 0.25) is 0 Å². The molecule has 1 N–H and O–H groups in total. The molecule has 6 heteroatoms. The lowest BCUT2D eigenvalue weighted by Crippen LogP contribution is -2.18. The van der Waals surface area contributed by atoms with Gasteiger partial charge in [-0.05, 0) is 24.6 Å². The summed E-state index contributed by atoms with van der Waals surface area (Å²) in [6, 6.07) is 5.62. The highest BCUT2D eigenvalue weighted by molar-refractivity contribution is 5.71. The monoisotopic (exact) mass is 297 g/mol. The molecular weight excluding hydrogens is 274 g/mol. The average molecular weight is 297 g/mol. The fourth-order valence-electron chi connectivity index (χ4n) is 1.65. The van der Waals surface area contributed by atoms with Gasteiger partial charge in [-0.25, -0.2) is 4.79 Å². The highest BCUT2D eigenvalue weighted by Gasteiger charge is 2.09. The fraction of sp³-hybridized carbons (Fsp3) is 0.533. The zero-order valence-electron chi connectivity index (χ0n) is 12.8. The van der Waals surface area contributed by atoms with Crippen molar-refractivity contribution in [2.24, 2.45) is 0 Å². The molecule has 0 bridgehead atoms. The summed E-state index contributed by atoms with van der Waals surface area (Å²) in [5.41, 5.74) is 1.07. The van der Waals surface area contributed by atoms with Crippen molar-refractivity contribution < 1.29 is 23.7 Å². The Balaban J connectivity index is 2.64. The van der Waals surface area contributed by atoms with Crippen LogP contribution in [0.3, 0.4) is 0 Å². The van der Waals surface area contributed by atoms with E-state index in [1.54, 1.807) is 13.2 Å². The van der Waals surface area contributed by atoms with Gasteiger partial charge in [-0.1, -0.05) is 6.07 Å². The summed E-state index contributed by atoms with van der Waals surface area (Å²) in [7, 11) is 2.99. The number of rotatable bonds is 10. The third kappa shape index (κ3) is 6.46. The minimum Gasteiger partial charge on any atom is -0.490 e. The third-order valence-electron chi connectivity index (χ3n) is 2.69. The van der Waals surface area contributed by atoms with E-state index in [1.807, 2.05) is 19.1 Å². The summed E-state index contributed by atoms with van der Waals surface area (Å²) in [5, 5.41) is 3.26. The molecule has 0 aliphatic rings. The maximum atomic E-state index is 11.1. The lowest BCUT2D eigenvalue weighted by Gasteiger charge is -2.13. The minimum atomic E-state index is -0.428. The largest absolute Gasteiger partial charge is 0.490 e. The topological polar surface area (TPSA) is 66.0 Å². The van der Waals surface area contributed by atoms with Gasteiger partial charge >= 0.3 is 5.97 Å². The van der Waals surface area contributed by atoms with Crippen LogP contribution in [0.2, 0.25) is 0 Å². The molecule has 0 aromatic heterocycles. The van der Waals surface area contributed by atoms with E-state index in [0.29, 0.717) is 31.3 Å². The molecule has 6 nitrogen and oxygen atoms in total. The van der Waals surface area contributed by atoms with Crippen molar-refractivity contribution in [3.63, 3.8) is 0 Å². The molecule has 0 unspecified atom stereocenters. The molecule has 0 spiro atoms. The molecule has 0 amide bonds. The molecule has 0 atom stereocenters. The maximum absolute atomic E-state index is 11.1. The van der Waals surface area contributed by atoms with Gasteiger partial charge in [0.15, 0.2) is 18.1 Å². The Kier molecular flexibility index (Phi) is 8.23. The zero-order chi connectivity index (χ0) is 15.5. The first kappa shape index (κ1) is 17.3. The molecular formula is C15H23NO5. The smallest absolute Gasteiger partial charge is 0.343 e. The number of methoxy groups -OCH3 is 2. The highest BCUT2D eigenvalue weighted by Crippen LogP contribution is 2.28. The maximum Gasteiger partial charge on any atom is 0.343 e. The van der Waals surface area contributed by atoms with Gasteiger partial charge in [-0.15, -0.1) is 0 Å². The Labute approximate surface area is 125 Å². The van der Waals surface area contributed by atoms with Gasteiger partial charge < -0.3 is 24.3 Å². The summed E-state index contributed by atoms with van der Waals surface area (Å²) in [5.74, 6) is 0.720. The molecule has 0 radical (unpaired) electrons. The van der Waals surface area contributed by atoms with E-state index in [2.05, 4.69) is 10.1 Å². The second-order valence-corrected chi connectivity index (χ2v) is 4.25. The number of carbonyl (C=O) groups is 1. The lowest BCUT2D eigenvalue weighted by atomic mass is 10.2. The Hall–Kier alpha value is -1.79. The van der Waals surface area contributed by atoms with Crippen LogP contribution in [0.15, 0.2) is 18.2 Å². The molecule has 0 aliphatic heterocycles. The van der Waals surface area contributed by atoms with Crippen LogP contribution in [0, 0.1) is 0 Å². The van der Waals surface area contributed by atoms with E-state index >= 15 is 0 Å². The van der Waals surface area contributed by atoms with Gasteiger partial charge in [-0.2, -0.15) is 0 Å². The Morgan fingerprint density at radius 2 is 2.00 bits per heavy atom. The molecule has 1 aromatic rings. The van der Waals surface area contributed by atoms with Crippen LogP contribution < -0.4 is 14.8 Å². The van der Waals surface area contributed by atoms with Gasteiger partial charge in [0.05, 0.1) is 20.3 Å². The molecule has 118 valence electrons. The number of nitrogens with one attached hydrogen (secondary N) is 1. The number of esters is 1. The predicted molar refractivity (Wildman–Crippen MR) is 78.7 cm³/mol. The van der Waals surface area contributed by atoms with Crippen LogP contribution in [0.1, 0.15) is 12.5 Å². The number of ether oxygens (including phenoxy) is 4. The van der Waals surface area contributed by atoms with E-state index in [1.165, 1.54) is 7.11 Å². The normalized spacial score (nSPS) is 10.2. The predicted octanol–water partition coefficient (Wildman–Crippen LogP) is 1.37. The molecule has 0 aliphatic carbocycles. The van der Waals surface area contributed by atoms with Crippen molar-refractivity contribution in [3.8, 4) is 11.5 Å². The van der Waals surface area contributed by atoms with E-state index in [0.717, 1.165) is 12.1 Å². The second-order valence-electron chi connectivity index (χ2n) is 4.25. The van der Waals surface area contributed by atoms with Crippen LogP contribution in [0.25, 0.3) is 0 Å². The average Bonchev–Trinajstić information content (AvgIpc) is 2.50. The second kappa shape index (κ2) is 10.0. The minimum absolute atomic E-state index is 0.137. The van der Waals surface area contributed by atoms with Crippen molar-refractivity contribution in [2.45, 2.75) is 13.5 Å². The van der Waals surface area contributed by atoms with E-state index < -0.39 is 5.97 Å². The zero-order valence-corrected chi connectivity index (χ0v) is 12.8. The standard InChI is InChI=1S/C15H23NO5/c1-4-20-14-9-12(10-16-7-8-18-2)5-6-13(14)21-11-15(17)19-3/h5-6,9,16H,4,7-8,10-11H2,1-3H3. The number of benzene rings is 1. The van der Waals surface area contributed by atoms with E-state index in [4.69, 9.17) is 14.2 Å². The highest BCUT2D eigenvalue weighted by atomic mass is 16.6. The third-order valence-corrected chi connectivity index (χ3v) is 2.69. The summed E-state index contributed by atoms with van der Waals surface area (Å²) >= 11 is 0. The molecule has 1 aromatic carbocycles. The van der Waals surface area contributed by atoms with Crippen LogP contribution in [0.4, 0.5) is 0 Å². The van der Waals surface area contributed by atoms with Crippen molar-refractivity contribution in [1.82, 2.24) is 5.32 Å². The first-order valence-corrected chi connectivity index (χ1v) is 6.86. The van der Waals surface area contributed by atoms with Crippen LogP contribution in [-0.2, 0) is 20.8 Å². The quantitative estimate of drug-likeness (QED) is 0.520. The molecule has 21 heavy (non-hydrogen) atoms. The summed E-state index contributed by atoms with van der Waals surface area (Å²) in [4.78, 5) is 11.1. The molecule has 1 rings (SSSR count). The number of hydrogen-bond donors (Lipinski definition) is 1. The number of hydrogen-bond acceptors (Lipinski definition) is 6. The molecule has 0 heterocycles. The van der Waals surface area contributed by atoms with E-state index in [9.17, 15) is 4.79 Å². The Morgan fingerprint density at radius 1 is 1.19 bits per heavy atom. The summed E-state index contributed by atoms with van der Waals surface area (Å²) in [6.45, 7) is 4.44.